The molecule has 2 aromatic carbocycles. The molecule has 31 heavy (non-hydrogen) atoms. The molecule has 2 aromatic rings. The highest BCUT2D eigenvalue weighted by molar-refractivity contribution is 5.95. The number of nitrogens with two attached hydrogens (primary N) is 1. The highest BCUT2D eigenvalue weighted by Crippen LogP contribution is 2.24. The maximum atomic E-state index is 12.4. The zero-order valence-electron chi connectivity index (χ0n) is 17.3. The molecule has 4 N–H and O–H groups in total. The lowest BCUT2D eigenvalue weighted by molar-refractivity contribution is -0.142. The van der Waals surface area contributed by atoms with Crippen LogP contribution >= 0.6 is 0 Å². The number of hydrogen-bond acceptors (Lipinski definition) is 7. The molecule has 0 aliphatic carbocycles. The molecule has 0 aliphatic heterocycles. The molecule has 0 saturated heterocycles. The molecule has 166 valence electrons. The van der Waals surface area contributed by atoms with Crippen LogP contribution in [-0.4, -0.2) is 44.3 Å². The predicted molar refractivity (Wildman–Crippen MR) is 114 cm³/mol. The highest BCUT2D eigenvalue weighted by Gasteiger charge is 2.16. The Bertz CT molecular complexity index is 859. The molecule has 0 aromatic heterocycles. The third-order valence-corrected chi connectivity index (χ3v) is 4.23. The number of ether oxygens (including phenoxy) is 3. The number of carbonyl (C=O) groups excluding carboxylic acids is 3. The van der Waals surface area contributed by atoms with Crippen molar-refractivity contribution in [3.05, 3.63) is 60.2 Å². The van der Waals surface area contributed by atoms with Gasteiger partial charge in [0, 0.05) is 6.54 Å². The van der Waals surface area contributed by atoms with Crippen LogP contribution in [0, 0.1) is 0 Å². The fourth-order valence-corrected chi connectivity index (χ4v) is 2.53. The molecule has 1 atom stereocenters. The number of nitrogens with one attached hydrogen (secondary N) is 2. The van der Waals surface area contributed by atoms with Crippen LogP contribution in [0.25, 0.3) is 0 Å². The van der Waals surface area contributed by atoms with Crippen molar-refractivity contribution in [3.63, 3.8) is 0 Å². The first kappa shape index (κ1) is 23.7. The number of amides is 2. The molecule has 0 unspecified atom stereocenters. The molecule has 0 saturated carbocycles. The summed E-state index contributed by atoms with van der Waals surface area (Å²) in [7, 11) is 1.26. The number of esters is 1. The first-order valence-electron chi connectivity index (χ1n) is 9.79. The van der Waals surface area contributed by atoms with E-state index in [-0.39, 0.29) is 13.2 Å². The summed E-state index contributed by atoms with van der Waals surface area (Å²) in [6.45, 7) is 0.237. The first-order valence-corrected chi connectivity index (χ1v) is 9.79. The number of hydrogen-bond donors (Lipinski definition) is 3. The molecule has 9 nitrogen and oxygen atoms in total. The number of para-hydroxylation sites is 2. The van der Waals surface area contributed by atoms with Gasteiger partial charge in [0.25, 0.3) is 0 Å². The van der Waals surface area contributed by atoms with E-state index in [9.17, 15) is 14.4 Å². The second-order valence-electron chi connectivity index (χ2n) is 6.59. The second-order valence-corrected chi connectivity index (χ2v) is 6.59. The highest BCUT2D eigenvalue weighted by atomic mass is 16.6. The third-order valence-electron chi connectivity index (χ3n) is 4.23. The van der Waals surface area contributed by atoms with Gasteiger partial charge in [0.1, 0.15) is 12.4 Å². The number of rotatable bonds is 11. The average molecular weight is 429 g/mol. The zero-order chi connectivity index (χ0) is 22.5. The van der Waals surface area contributed by atoms with Crippen LogP contribution in [0.4, 0.5) is 10.5 Å². The van der Waals surface area contributed by atoms with E-state index < -0.39 is 24.0 Å². The molecule has 9 heteroatoms. The van der Waals surface area contributed by atoms with Gasteiger partial charge in [-0.2, -0.15) is 0 Å². The Kier molecular flexibility index (Phi) is 9.83. The van der Waals surface area contributed by atoms with Gasteiger partial charge in [-0.1, -0.05) is 42.5 Å². The smallest absolute Gasteiger partial charge is 0.407 e. The van der Waals surface area contributed by atoms with Crippen LogP contribution in [0.15, 0.2) is 54.6 Å². The van der Waals surface area contributed by atoms with Crippen LogP contribution in [-0.2, 0) is 25.7 Å². The first-order chi connectivity index (χ1) is 15.0. The van der Waals surface area contributed by atoms with Crippen LogP contribution in [0.2, 0.25) is 0 Å². The summed E-state index contributed by atoms with van der Waals surface area (Å²) < 4.78 is 15.0. The van der Waals surface area contributed by atoms with Gasteiger partial charge in [0.2, 0.25) is 5.91 Å². The van der Waals surface area contributed by atoms with E-state index in [1.807, 2.05) is 30.3 Å². The lowest BCUT2D eigenvalue weighted by atomic mass is 10.1. The Morgan fingerprint density at radius 3 is 2.48 bits per heavy atom. The molecule has 0 fully saturated rings. The Balaban J connectivity index is 1.69. The second kappa shape index (κ2) is 12.9. The van der Waals surface area contributed by atoms with E-state index >= 15 is 0 Å². The number of methoxy groups -OCH3 is 1. The number of carbonyl (C=O) groups is 3. The van der Waals surface area contributed by atoms with Crippen molar-refractivity contribution < 1.29 is 28.6 Å². The fraction of sp³-hybridized carbons (Fsp3) is 0.318. The summed E-state index contributed by atoms with van der Waals surface area (Å²) in [4.78, 5) is 35.3. The summed E-state index contributed by atoms with van der Waals surface area (Å²) in [5, 5.41) is 5.31. The van der Waals surface area contributed by atoms with Gasteiger partial charge >= 0.3 is 12.1 Å². The Morgan fingerprint density at radius 2 is 1.74 bits per heavy atom. The summed E-state index contributed by atoms with van der Waals surface area (Å²) in [5.74, 6) is -0.607. The standard InChI is InChI=1S/C22H27N3O6/c1-29-20(26)15-30-19-12-6-5-11-18(19)25-21(27)17(23)10-7-13-24-22(28)31-14-16-8-3-2-4-9-16/h2-6,8-9,11-12,17H,7,10,13-15,23H2,1H3,(H,24,28)(H,25,27)/t17-/m0/s1. The SMILES string of the molecule is COC(=O)COc1ccccc1NC(=O)[C@@H](N)CCCNC(=O)OCc1ccccc1. The molecule has 0 bridgehead atoms. The molecule has 0 aliphatic rings. The van der Waals surface area contributed by atoms with Gasteiger partial charge in [-0.25, -0.2) is 9.59 Å². The topological polar surface area (TPSA) is 129 Å². The van der Waals surface area contributed by atoms with Crippen LogP contribution in [0.1, 0.15) is 18.4 Å². The molecule has 0 spiro atoms. The van der Waals surface area contributed by atoms with Gasteiger partial charge in [-0.05, 0) is 30.5 Å². The third kappa shape index (κ3) is 8.75. The molecular weight excluding hydrogens is 402 g/mol. The maximum absolute atomic E-state index is 12.4. The summed E-state index contributed by atoms with van der Waals surface area (Å²) in [6.07, 6.45) is 0.324. The van der Waals surface area contributed by atoms with Gasteiger partial charge in [0.05, 0.1) is 18.8 Å². The van der Waals surface area contributed by atoms with Crippen LogP contribution < -0.4 is 21.1 Å². The summed E-state index contributed by atoms with van der Waals surface area (Å²) in [6, 6.07) is 15.3. The van der Waals surface area contributed by atoms with Crippen molar-refractivity contribution in [3.8, 4) is 5.75 Å². The van der Waals surface area contributed by atoms with Crippen LogP contribution in [0.3, 0.4) is 0 Å². The number of alkyl carbamates (subject to hydrolysis) is 1. The predicted octanol–water partition coefficient (Wildman–Crippen LogP) is 2.21. The minimum absolute atomic E-state index is 0.187. The molecule has 0 radical (unpaired) electrons. The minimum Gasteiger partial charge on any atom is -0.480 e. The summed E-state index contributed by atoms with van der Waals surface area (Å²) in [5.41, 5.74) is 7.23. The van der Waals surface area contributed by atoms with E-state index in [0.29, 0.717) is 30.8 Å². The average Bonchev–Trinajstić information content (AvgIpc) is 2.80. The van der Waals surface area contributed by atoms with Crippen molar-refractivity contribution in [1.29, 1.82) is 0 Å². The lowest BCUT2D eigenvalue weighted by Gasteiger charge is -2.15. The van der Waals surface area contributed by atoms with Gasteiger partial charge in [-0.15, -0.1) is 0 Å². The quantitative estimate of drug-likeness (QED) is 0.369. The molecule has 0 heterocycles. The minimum atomic E-state index is -0.782. The van der Waals surface area contributed by atoms with E-state index in [0.717, 1.165) is 5.56 Å². The zero-order valence-corrected chi connectivity index (χ0v) is 17.3. The fourth-order valence-electron chi connectivity index (χ4n) is 2.53. The van der Waals surface area contributed by atoms with Gasteiger partial charge in [0.15, 0.2) is 6.61 Å². The molecular formula is C22H27N3O6. The van der Waals surface area contributed by atoms with Crippen molar-refractivity contribution in [2.75, 3.05) is 25.6 Å². The van der Waals surface area contributed by atoms with Crippen LogP contribution in [0.5, 0.6) is 5.75 Å². The van der Waals surface area contributed by atoms with E-state index in [1.165, 1.54) is 7.11 Å². The van der Waals surface area contributed by atoms with E-state index in [4.69, 9.17) is 15.2 Å². The Hall–Kier alpha value is -3.59. The van der Waals surface area contributed by atoms with E-state index in [1.54, 1.807) is 24.3 Å². The lowest BCUT2D eigenvalue weighted by Crippen LogP contribution is -2.36. The summed E-state index contributed by atoms with van der Waals surface area (Å²) >= 11 is 0. The van der Waals surface area contributed by atoms with E-state index in [2.05, 4.69) is 15.4 Å². The maximum Gasteiger partial charge on any atom is 0.407 e. The van der Waals surface area contributed by atoms with Crippen molar-refractivity contribution in [2.45, 2.75) is 25.5 Å². The Labute approximate surface area is 180 Å². The van der Waals surface area contributed by atoms with Crippen molar-refractivity contribution in [1.82, 2.24) is 5.32 Å². The molecule has 2 amide bonds. The Morgan fingerprint density at radius 1 is 1.03 bits per heavy atom. The largest absolute Gasteiger partial charge is 0.480 e. The number of anilines is 1. The van der Waals surface area contributed by atoms with Crippen molar-refractivity contribution >= 4 is 23.7 Å². The van der Waals surface area contributed by atoms with Gasteiger partial charge < -0.3 is 30.6 Å². The van der Waals surface area contributed by atoms with Gasteiger partial charge in [-0.3, -0.25) is 4.79 Å². The molecule has 2 rings (SSSR count). The monoisotopic (exact) mass is 429 g/mol. The van der Waals surface area contributed by atoms with Crippen molar-refractivity contribution in [2.24, 2.45) is 5.73 Å². The normalized spacial score (nSPS) is 11.2. The number of benzene rings is 2.